The van der Waals surface area contributed by atoms with Crippen molar-refractivity contribution in [2.24, 2.45) is 0 Å². The lowest BCUT2D eigenvalue weighted by Crippen LogP contribution is -2.48. The highest BCUT2D eigenvalue weighted by atomic mass is 35.5. The van der Waals surface area contributed by atoms with Crippen LogP contribution in [0.15, 0.2) is 24.3 Å². The maximum atomic E-state index is 11.8. The van der Waals surface area contributed by atoms with Gasteiger partial charge in [0.1, 0.15) is 0 Å². The van der Waals surface area contributed by atoms with E-state index in [2.05, 4.69) is 10.6 Å². The summed E-state index contributed by atoms with van der Waals surface area (Å²) in [6.45, 7) is 2.73. The first kappa shape index (κ1) is 12.4. The van der Waals surface area contributed by atoms with Crippen molar-refractivity contribution in [3.05, 3.63) is 34.9 Å². The van der Waals surface area contributed by atoms with E-state index in [9.17, 15) is 4.79 Å². The fraction of sp³-hybridized carbons (Fsp3) is 0.417. The van der Waals surface area contributed by atoms with E-state index in [4.69, 9.17) is 16.3 Å². The second-order valence-electron chi connectivity index (χ2n) is 3.92. The molecule has 1 aliphatic heterocycles. The van der Waals surface area contributed by atoms with Crippen molar-refractivity contribution < 1.29 is 9.53 Å². The van der Waals surface area contributed by atoms with E-state index in [0.717, 1.165) is 13.2 Å². The normalized spacial score (nSPS) is 19.9. The number of carbonyl (C=O) groups excluding carboxylic acids is 1. The Morgan fingerprint density at radius 2 is 2.35 bits per heavy atom. The van der Waals surface area contributed by atoms with Crippen LogP contribution in [-0.2, 0) is 4.74 Å². The third kappa shape index (κ3) is 3.43. The number of nitrogens with one attached hydrogen (secondary N) is 2. The number of ether oxygens (including phenoxy) is 1. The number of benzene rings is 1. The highest BCUT2D eigenvalue weighted by Gasteiger charge is 2.15. The molecule has 1 unspecified atom stereocenters. The molecule has 1 saturated heterocycles. The quantitative estimate of drug-likeness (QED) is 0.848. The van der Waals surface area contributed by atoms with Gasteiger partial charge in [-0.05, 0) is 12.1 Å². The minimum atomic E-state index is -0.150. The Bertz CT molecular complexity index is 392. The van der Waals surface area contributed by atoms with Crippen LogP contribution in [0.4, 0.5) is 0 Å². The number of hydrogen-bond donors (Lipinski definition) is 2. The Hall–Kier alpha value is -1.10. The molecule has 0 bridgehead atoms. The first-order valence-corrected chi connectivity index (χ1v) is 5.99. The molecule has 0 aromatic heterocycles. The van der Waals surface area contributed by atoms with Crippen molar-refractivity contribution >= 4 is 17.5 Å². The molecule has 1 amide bonds. The van der Waals surface area contributed by atoms with Gasteiger partial charge in [-0.1, -0.05) is 23.7 Å². The highest BCUT2D eigenvalue weighted by molar-refractivity contribution is 6.33. The summed E-state index contributed by atoms with van der Waals surface area (Å²) in [5.74, 6) is -0.150. The number of morpholine rings is 1. The summed E-state index contributed by atoms with van der Waals surface area (Å²) in [5, 5.41) is 6.58. The third-order valence-corrected chi connectivity index (χ3v) is 2.96. The summed E-state index contributed by atoms with van der Waals surface area (Å²) in [5.41, 5.74) is 0.505. The lowest BCUT2D eigenvalue weighted by atomic mass is 10.2. The summed E-state index contributed by atoms with van der Waals surface area (Å²) in [7, 11) is 0. The summed E-state index contributed by atoms with van der Waals surface area (Å²) in [6, 6.07) is 7.19. The van der Waals surface area contributed by atoms with Crippen LogP contribution in [-0.4, -0.2) is 38.3 Å². The molecule has 92 valence electrons. The number of halogens is 1. The molecule has 4 nitrogen and oxygen atoms in total. The van der Waals surface area contributed by atoms with Crippen molar-refractivity contribution in [2.75, 3.05) is 26.3 Å². The minimum absolute atomic E-state index is 0.150. The van der Waals surface area contributed by atoms with Crippen molar-refractivity contribution in [1.82, 2.24) is 10.6 Å². The summed E-state index contributed by atoms with van der Waals surface area (Å²) >= 11 is 5.94. The van der Waals surface area contributed by atoms with Gasteiger partial charge in [-0.3, -0.25) is 4.79 Å². The van der Waals surface area contributed by atoms with Gasteiger partial charge in [-0.15, -0.1) is 0 Å². The molecule has 2 N–H and O–H groups in total. The Balaban J connectivity index is 1.87. The van der Waals surface area contributed by atoms with E-state index in [1.54, 1.807) is 24.3 Å². The van der Waals surface area contributed by atoms with Gasteiger partial charge in [0.05, 0.1) is 23.8 Å². The maximum absolute atomic E-state index is 11.8. The molecule has 1 aromatic rings. The maximum Gasteiger partial charge on any atom is 0.252 e. The minimum Gasteiger partial charge on any atom is -0.378 e. The van der Waals surface area contributed by atoms with Gasteiger partial charge >= 0.3 is 0 Å². The molecule has 0 saturated carbocycles. The lowest BCUT2D eigenvalue weighted by Gasteiger charge is -2.23. The average molecular weight is 255 g/mol. The van der Waals surface area contributed by atoms with Crippen LogP contribution in [0.25, 0.3) is 0 Å². The SMILES string of the molecule is O=C(NCC1COCCN1)c1ccccc1Cl. The monoisotopic (exact) mass is 254 g/mol. The third-order valence-electron chi connectivity index (χ3n) is 2.63. The highest BCUT2D eigenvalue weighted by Crippen LogP contribution is 2.14. The Labute approximate surface area is 105 Å². The van der Waals surface area contributed by atoms with Crippen LogP contribution in [0.5, 0.6) is 0 Å². The molecule has 0 radical (unpaired) electrons. The summed E-state index contributed by atoms with van der Waals surface area (Å²) in [4.78, 5) is 11.8. The number of rotatable bonds is 3. The summed E-state index contributed by atoms with van der Waals surface area (Å²) < 4.78 is 5.30. The number of amides is 1. The van der Waals surface area contributed by atoms with E-state index in [1.165, 1.54) is 0 Å². The van der Waals surface area contributed by atoms with Gasteiger partial charge in [-0.2, -0.15) is 0 Å². The van der Waals surface area contributed by atoms with Crippen LogP contribution >= 0.6 is 11.6 Å². The Kier molecular flexibility index (Phi) is 4.36. The van der Waals surface area contributed by atoms with E-state index < -0.39 is 0 Å². The van der Waals surface area contributed by atoms with Crippen molar-refractivity contribution in [3.8, 4) is 0 Å². The van der Waals surface area contributed by atoms with Crippen molar-refractivity contribution in [3.63, 3.8) is 0 Å². The zero-order valence-electron chi connectivity index (χ0n) is 9.41. The standard InChI is InChI=1S/C12H15ClN2O2/c13-11-4-2-1-3-10(11)12(16)15-7-9-8-17-6-5-14-9/h1-4,9,14H,5-8H2,(H,15,16). The molecule has 2 rings (SSSR count). The smallest absolute Gasteiger partial charge is 0.252 e. The zero-order chi connectivity index (χ0) is 12.1. The van der Waals surface area contributed by atoms with Gasteiger partial charge in [-0.25, -0.2) is 0 Å². The van der Waals surface area contributed by atoms with Crippen molar-refractivity contribution in [2.45, 2.75) is 6.04 Å². The molecule has 1 heterocycles. The second-order valence-corrected chi connectivity index (χ2v) is 4.32. The fourth-order valence-electron chi connectivity index (χ4n) is 1.71. The van der Waals surface area contributed by atoms with E-state index in [1.807, 2.05) is 0 Å². The van der Waals surface area contributed by atoms with E-state index in [0.29, 0.717) is 23.7 Å². The van der Waals surface area contributed by atoms with Crippen LogP contribution in [0.1, 0.15) is 10.4 Å². The van der Waals surface area contributed by atoms with Gasteiger partial charge in [0.2, 0.25) is 0 Å². The average Bonchev–Trinajstić information content (AvgIpc) is 2.38. The number of hydrogen-bond acceptors (Lipinski definition) is 3. The molecule has 17 heavy (non-hydrogen) atoms. The van der Waals surface area contributed by atoms with Crippen molar-refractivity contribution in [1.29, 1.82) is 0 Å². The molecule has 5 heteroatoms. The molecule has 1 atom stereocenters. The van der Waals surface area contributed by atoms with E-state index >= 15 is 0 Å². The molecular formula is C12H15ClN2O2. The Morgan fingerprint density at radius 3 is 3.06 bits per heavy atom. The van der Waals surface area contributed by atoms with Crippen LogP contribution in [0, 0.1) is 0 Å². The first-order chi connectivity index (χ1) is 8.27. The molecule has 1 fully saturated rings. The van der Waals surface area contributed by atoms with Gasteiger partial charge in [0.25, 0.3) is 5.91 Å². The fourth-order valence-corrected chi connectivity index (χ4v) is 1.93. The predicted molar refractivity (Wildman–Crippen MR) is 66.4 cm³/mol. The lowest BCUT2D eigenvalue weighted by molar-refractivity contribution is 0.0735. The summed E-state index contributed by atoms with van der Waals surface area (Å²) in [6.07, 6.45) is 0. The van der Waals surface area contributed by atoms with Crippen LogP contribution in [0.2, 0.25) is 5.02 Å². The number of carbonyl (C=O) groups is 1. The largest absolute Gasteiger partial charge is 0.378 e. The molecule has 0 spiro atoms. The molecule has 0 aliphatic carbocycles. The van der Waals surface area contributed by atoms with Gasteiger partial charge in [0.15, 0.2) is 0 Å². The zero-order valence-corrected chi connectivity index (χ0v) is 10.2. The predicted octanol–water partition coefficient (Wildman–Crippen LogP) is 1.06. The van der Waals surface area contributed by atoms with Crippen LogP contribution < -0.4 is 10.6 Å². The topological polar surface area (TPSA) is 50.4 Å². The Morgan fingerprint density at radius 1 is 1.53 bits per heavy atom. The van der Waals surface area contributed by atoms with Gasteiger partial charge in [0, 0.05) is 19.1 Å². The van der Waals surface area contributed by atoms with Crippen LogP contribution in [0.3, 0.4) is 0 Å². The van der Waals surface area contributed by atoms with E-state index in [-0.39, 0.29) is 11.9 Å². The molecular weight excluding hydrogens is 240 g/mol. The second kappa shape index (κ2) is 6.00. The molecule has 1 aromatic carbocycles. The van der Waals surface area contributed by atoms with Gasteiger partial charge < -0.3 is 15.4 Å². The molecule has 1 aliphatic rings. The first-order valence-electron chi connectivity index (χ1n) is 5.61.